The molecule has 19 heavy (non-hydrogen) atoms. The van der Waals surface area contributed by atoms with Crippen LogP contribution in [-0.2, 0) is 11.3 Å². The van der Waals surface area contributed by atoms with Crippen molar-refractivity contribution in [1.82, 2.24) is 14.8 Å². The first-order chi connectivity index (χ1) is 9.15. The normalized spacial score (nSPS) is 10.4. The quantitative estimate of drug-likeness (QED) is 0.675. The standard InChI is InChI=1S/C14H16N4O/c1-4-12(15)18-13(9-19-3)16-14(17-18)11-7-5-6-10(2)8-11/h4-8,15H,1,9H2,2-3H3. The molecule has 0 atom stereocenters. The number of hydrogen-bond acceptors (Lipinski definition) is 4. The van der Waals surface area contributed by atoms with Crippen LogP contribution in [0.4, 0.5) is 0 Å². The molecule has 1 aromatic heterocycles. The highest BCUT2D eigenvalue weighted by Crippen LogP contribution is 2.17. The lowest BCUT2D eigenvalue weighted by Crippen LogP contribution is -2.13. The fourth-order valence-corrected chi connectivity index (χ4v) is 1.75. The summed E-state index contributed by atoms with van der Waals surface area (Å²) in [5.74, 6) is 1.35. The summed E-state index contributed by atoms with van der Waals surface area (Å²) in [5.41, 5.74) is 2.06. The van der Waals surface area contributed by atoms with Crippen LogP contribution in [0.3, 0.4) is 0 Å². The van der Waals surface area contributed by atoms with Crippen LogP contribution in [0.2, 0.25) is 0 Å². The van der Waals surface area contributed by atoms with Crippen molar-refractivity contribution < 1.29 is 4.74 Å². The van der Waals surface area contributed by atoms with Crippen LogP contribution in [0.15, 0.2) is 36.9 Å². The summed E-state index contributed by atoms with van der Waals surface area (Å²) in [5, 5.41) is 12.1. The fraction of sp³-hybridized carbons (Fsp3) is 0.214. The van der Waals surface area contributed by atoms with Gasteiger partial charge in [0.25, 0.3) is 0 Å². The predicted molar refractivity (Wildman–Crippen MR) is 74.2 cm³/mol. The Morgan fingerprint density at radius 1 is 1.53 bits per heavy atom. The third-order valence-electron chi connectivity index (χ3n) is 2.65. The second-order valence-corrected chi connectivity index (χ2v) is 4.16. The number of aromatic nitrogens is 3. The van der Waals surface area contributed by atoms with Crippen LogP contribution in [0, 0.1) is 12.3 Å². The Kier molecular flexibility index (Phi) is 3.87. The second kappa shape index (κ2) is 5.58. The zero-order chi connectivity index (χ0) is 13.8. The molecule has 0 spiro atoms. The van der Waals surface area contributed by atoms with E-state index in [-0.39, 0.29) is 5.84 Å². The van der Waals surface area contributed by atoms with Gasteiger partial charge in [0.2, 0.25) is 0 Å². The fourth-order valence-electron chi connectivity index (χ4n) is 1.75. The van der Waals surface area contributed by atoms with E-state index in [1.807, 2.05) is 31.2 Å². The molecule has 5 nitrogen and oxygen atoms in total. The molecule has 0 unspecified atom stereocenters. The molecule has 0 saturated carbocycles. The van der Waals surface area contributed by atoms with Crippen LogP contribution >= 0.6 is 0 Å². The molecule has 0 aliphatic carbocycles. The molecular weight excluding hydrogens is 240 g/mol. The molecule has 1 heterocycles. The van der Waals surface area contributed by atoms with Crippen molar-refractivity contribution in [2.75, 3.05) is 7.11 Å². The minimum Gasteiger partial charge on any atom is -0.377 e. The molecule has 0 aliphatic heterocycles. The maximum absolute atomic E-state index is 7.80. The molecule has 5 heteroatoms. The largest absolute Gasteiger partial charge is 0.377 e. The second-order valence-electron chi connectivity index (χ2n) is 4.16. The summed E-state index contributed by atoms with van der Waals surface area (Å²) < 4.78 is 6.52. The highest BCUT2D eigenvalue weighted by atomic mass is 16.5. The minimum atomic E-state index is 0.179. The van der Waals surface area contributed by atoms with Gasteiger partial charge < -0.3 is 4.74 Å². The Morgan fingerprint density at radius 2 is 2.32 bits per heavy atom. The maximum Gasteiger partial charge on any atom is 0.182 e. The van der Waals surface area contributed by atoms with Crippen molar-refractivity contribution in [1.29, 1.82) is 5.41 Å². The van der Waals surface area contributed by atoms with Crippen LogP contribution in [-0.4, -0.2) is 27.7 Å². The van der Waals surface area contributed by atoms with Crippen LogP contribution in [0.1, 0.15) is 11.4 Å². The van der Waals surface area contributed by atoms with Crippen molar-refractivity contribution in [2.24, 2.45) is 0 Å². The summed E-state index contributed by atoms with van der Waals surface area (Å²) in [6, 6.07) is 7.93. The lowest BCUT2D eigenvalue weighted by molar-refractivity contribution is 0.176. The topological polar surface area (TPSA) is 63.8 Å². The first kappa shape index (κ1) is 13.2. The maximum atomic E-state index is 7.80. The summed E-state index contributed by atoms with van der Waals surface area (Å²) >= 11 is 0. The molecule has 0 amide bonds. The van der Waals surface area contributed by atoms with Crippen molar-refractivity contribution in [3.05, 3.63) is 48.3 Å². The predicted octanol–water partition coefficient (Wildman–Crippen LogP) is 2.41. The molecule has 98 valence electrons. The first-order valence-corrected chi connectivity index (χ1v) is 5.89. The number of nitrogens with zero attached hydrogens (tertiary/aromatic N) is 3. The molecule has 0 bridgehead atoms. The Balaban J connectivity index is 2.48. The number of nitrogens with one attached hydrogen (secondary N) is 1. The first-order valence-electron chi connectivity index (χ1n) is 5.89. The van der Waals surface area contributed by atoms with Gasteiger partial charge in [-0.05, 0) is 19.1 Å². The molecule has 1 aromatic carbocycles. The molecule has 0 aliphatic rings. The van der Waals surface area contributed by atoms with E-state index in [4.69, 9.17) is 10.1 Å². The van der Waals surface area contributed by atoms with E-state index in [1.54, 1.807) is 7.11 Å². The SMILES string of the molecule is C=CC(=N)n1nc(-c2cccc(C)c2)nc1COC. The monoisotopic (exact) mass is 256 g/mol. The van der Waals surface area contributed by atoms with Gasteiger partial charge >= 0.3 is 0 Å². The average Bonchev–Trinajstić information content (AvgIpc) is 2.82. The number of benzene rings is 1. The zero-order valence-electron chi connectivity index (χ0n) is 11.1. The highest BCUT2D eigenvalue weighted by molar-refractivity contribution is 5.91. The Hall–Kier alpha value is -2.27. The van der Waals surface area contributed by atoms with Crippen LogP contribution < -0.4 is 0 Å². The van der Waals surface area contributed by atoms with E-state index < -0.39 is 0 Å². The van der Waals surface area contributed by atoms with E-state index in [1.165, 1.54) is 10.8 Å². The van der Waals surface area contributed by atoms with Gasteiger partial charge in [0.05, 0.1) is 0 Å². The van der Waals surface area contributed by atoms with Crippen LogP contribution in [0.25, 0.3) is 11.4 Å². The van der Waals surface area contributed by atoms with Crippen molar-refractivity contribution in [3.8, 4) is 11.4 Å². The van der Waals surface area contributed by atoms with E-state index in [0.717, 1.165) is 11.1 Å². The molecule has 0 radical (unpaired) electrons. The number of allylic oxidation sites excluding steroid dienone is 1. The van der Waals surface area contributed by atoms with Crippen molar-refractivity contribution in [2.45, 2.75) is 13.5 Å². The smallest absolute Gasteiger partial charge is 0.182 e. The zero-order valence-corrected chi connectivity index (χ0v) is 11.1. The summed E-state index contributed by atoms with van der Waals surface area (Å²) in [6.45, 7) is 5.90. The van der Waals surface area contributed by atoms with Gasteiger partial charge in [-0.15, -0.1) is 5.10 Å². The Bertz CT molecular complexity index is 616. The van der Waals surface area contributed by atoms with E-state index in [9.17, 15) is 0 Å². The molecule has 1 N–H and O–H groups in total. The molecule has 2 aromatic rings. The summed E-state index contributed by atoms with van der Waals surface area (Å²) in [6.07, 6.45) is 1.42. The number of aryl methyl sites for hydroxylation is 1. The number of hydrogen-bond donors (Lipinski definition) is 1. The molecular formula is C14H16N4O. The third-order valence-corrected chi connectivity index (χ3v) is 2.65. The Labute approximate surface area is 112 Å². The van der Waals surface area contributed by atoms with Crippen molar-refractivity contribution >= 4 is 5.84 Å². The van der Waals surface area contributed by atoms with Gasteiger partial charge in [0, 0.05) is 12.7 Å². The lowest BCUT2D eigenvalue weighted by Gasteiger charge is -2.01. The summed E-state index contributed by atoms with van der Waals surface area (Å²) in [4.78, 5) is 4.42. The average molecular weight is 256 g/mol. The van der Waals surface area contributed by atoms with Gasteiger partial charge in [0.1, 0.15) is 12.4 Å². The van der Waals surface area contributed by atoms with Gasteiger partial charge in [-0.2, -0.15) is 4.68 Å². The van der Waals surface area contributed by atoms with E-state index in [0.29, 0.717) is 18.3 Å². The van der Waals surface area contributed by atoms with Gasteiger partial charge in [-0.25, -0.2) is 4.98 Å². The lowest BCUT2D eigenvalue weighted by atomic mass is 10.1. The van der Waals surface area contributed by atoms with Gasteiger partial charge in [0.15, 0.2) is 11.6 Å². The van der Waals surface area contributed by atoms with E-state index >= 15 is 0 Å². The van der Waals surface area contributed by atoms with Gasteiger partial charge in [-0.3, -0.25) is 5.41 Å². The van der Waals surface area contributed by atoms with Gasteiger partial charge in [-0.1, -0.05) is 30.3 Å². The Morgan fingerprint density at radius 3 is 2.95 bits per heavy atom. The molecule has 0 saturated heterocycles. The summed E-state index contributed by atoms with van der Waals surface area (Å²) in [7, 11) is 1.59. The number of methoxy groups -OCH3 is 1. The highest BCUT2D eigenvalue weighted by Gasteiger charge is 2.13. The minimum absolute atomic E-state index is 0.179. The number of rotatable bonds is 4. The third kappa shape index (κ3) is 2.77. The number of ether oxygens (including phenoxy) is 1. The molecule has 0 fully saturated rings. The van der Waals surface area contributed by atoms with Crippen LogP contribution in [0.5, 0.6) is 0 Å². The van der Waals surface area contributed by atoms with E-state index in [2.05, 4.69) is 16.7 Å². The molecule has 2 rings (SSSR count). The van der Waals surface area contributed by atoms with Crippen molar-refractivity contribution in [3.63, 3.8) is 0 Å².